The van der Waals surface area contributed by atoms with Gasteiger partial charge in [0.2, 0.25) is 11.8 Å². The number of primary amides is 1. The van der Waals surface area contributed by atoms with Crippen LogP contribution in [0.25, 0.3) is 0 Å². The van der Waals surface area contributed by atoms with Crippen molar-refractivity contribution >= 4 is 64.8 Å². The molecule has 0 saturated heterocycles. The van der Waals surface area contributed by atoms with E-state index < -0.39 is 48.5 Å². The molecule has 0 spiro atoms. The highest BCUT2D eigenvalue weighted by Crippen LogP contribution is 2.27. The molecule has 528 valence electrons. The van der Waals surface area contributed by atoms with E-state index in [1.165, 1.54) is 0 Å². The van der Waals surface area contributed by atoms with Crippen molar-refractivity contribution in [3.05, 3.63) is 41.7 Å². The molecule has 0 aliphatic rings. The number of oxime groups is 1. The number of nitrogens with two attached hydrogens (primary N) is 1. The third kappa shape index (κ3) is 48.7. The summed E-state index contributed by atoms with van der Waals surface area (Å²) in [7, 11) is 0. The number of nitrogens with zero attached hydrogens (tertiary/aromatic N) is 4. The van der Waals surface area contributed by atoms with Crippen LogP contribution >= 0.6 is 23.5 Å². The van der Waals surface area contributed by atoms with Crippen molar-refractivity contribution < 1.29 is 85.7 Å². The molecule has 92 heavy (non-hydrogen) atoms. The zero-order valence-corrected chi connectivity index (χ0v) is 58.0. The quantitative estimate of drug-likeness (QED) is 0.0275. The molecule has 0 aliphatic carbocycles. The van der Waals surface area contributed by atoms with Gasteiger partial charge in [-0.1, -0.05) is 91.7 Å². The topological polar surface area (TPSA) is 335 Å². The zero-order chi connectivity index (χ0) is 67.5. The molecule has 30 heteroatoms. The highest BCUT2D eigenvalue weighted by molar-refractivity contribution is 8.02. The van der Waals surface area contributed by atoms with E-state index in [1.54, 1.807) is 72.5 Å². The smallest absolute Gasteiger partial charge is 0.407 e. The Morgan fingerprint density at radius 1 is 0.587 bits per heavy atom. The molecule has 0 fully saturated rings. The SMILES string of the molecule is CC(C)CCOCCOCCOCCOCCOCCOCCOCCOCCOCCOCCOCCn1cc(CNC(=O)OCc2ccc(NC(=O)[C@H](CCCNC(N)=O)NC(=O)[C@@H](NC(=O)CON=C(CSC(C)(C)C)CSC(C)(C)C)C(C)C)cc2)nn1. The highest BCUT2D eigenvalue weighted by Gasteiger charge is 2.29. The molecule has 1 aromatic carbocycles. The summed E-state index contributed by atoms with van der Waals surface area (Å²) in [5, 5.41) is 25.9. The van der Waals surface area contributed by atoms with E-state index in [-0.39, 0.29) is 41.5 Å². The first-order chi connectivity index (χ1) is 44.1. The second-order valence-corrected chi connectivity index (χ2v) is 27.1. The van der Waals surface area contributed by atoms with Crippen LogP contribution in [0, 0.1) is 11.8 Å². The Bertz CT molecular complexity index is 2260. The van der Waals surface area contributed by atoms with E-state index in [2.05, 4.69) is 97.4 Å². The number of thioether (sulfide) groups is 2. The number of ether oxygens (including phenoxy) is 12. The minimum absolute atomic E-state index is 0.00705. The first-order valence-corrected chi connectivity index (χ1v) is 33.7. The van der Waals surface area contributed by atoms with Crippen LogP contribution < -0.4 is 32.3 Å². The molecule has 2 atom stereocenters. The summed E-state index contributed by atoms with van der Waals surface area (Å²) >= 11 is 3.45. The van der Waals surface area contributed by atoms with Crippen LogP contribution in [0.5, 0.6) is 0 Å². The molecule has 1 heterocycles. The molecule has 7 N–H and O–H groups in total. The van der Waals surface area contributed by atoms with Gasteiger partial charge in [-0.15, -0.1) is 28.6 Å². The van der Waals surface area contributed by atoms with Crippen LogP contribution in [0.4, 0.5) is 15.3 Å². The number of alkyl carbamates (subject to hydrolysis) is 1. The van der Waals surface area contributed by atoms with Gasteiger partial charge >= 0.3 is 12.1 Å². The molecule has 0 unspecified atom stereocenters. The van der Waals surface area contributed by atoms with Crippen molar-refractivity contribution in [1.82, 2.24) is 36.3 Å². The Hall–Kier alpha value is -4.96. The standard InChI is InChI=1S/C62H110N10O18S2/c1-48(2)17-20-78-22-24-80-26-28-82-30-32-84-34-36-86-38-40-88-41-39-87-37-35-85-33-31-83-29-27-81-25-23-79-21-19-72-43-52(69-71-72)42-65-60(77)89-44-50-13-15-51(16-14-50)66-57(74)54(12-11-18-64-59(63)76)67-58(75)56(49(3)4)68-55(73)45-90-70-53(46-91-61(5,6)7)47-92-62(8,9)10/h13-16,43,48-49,54,56H,11-12,17-42,44-47H2,1-10H3,(H,65,77)(H,66,74)(H,67,75)(H,68,73)(H3,63,64,76)/t54-,56-/m0/s1. The predicted octanol–water partition coefficient (Wildman–Crippen LogP) is 5.38. The third-order valence-corrected chi connectivity index (χ3v) is 14.9. The maximum atomic E-state index is 13.7. The van der Waals surface area contributed by atoms with Gasteiger partial charge in [0.15, 0.2) is 6.61 Å². The normalized spacial score (nSPS) is 12.4. The van der Waals surface area contributed by atoms with Crippen molar-refractivity contribution in [3.8, 4) is 0 Å². The van der Waals surface area contributed by atoms with Gasteiger partial charge in [0.05, 0.1) is 164 Å². The molecule has 2 rings (SSSR count). The fourth-order valence-electron chi connectivity index (χ4n) is 7.26. The minimum Gasteiger partial charge on any atom is -0.445 e. The molecule has 2 aromatic rings. The molecule has 1 aromatic heterocycles. The van der Waals surface area contributed by atoms with Crippen LogP contribution in [-0.4, -0.2) is 242 Å². The highest BCUT2D eigenvalue weighted by atomic mass is 32.2. The number of hydrogen-bond acceptors (Lipinski definition) is 23. The van der Waals surface area contributed by atoms with Crippen molar-refractivity contribution in [2.75, 3.05) is 175 Å². The maximum Gasteiger partial charge on any atom is 0.407 e. The molecule has 0 saturated carbocycles. The number of amides is 6. The second kappa shape index (κ2) is 52.3. The Labute approximate surface area is 553 Å². The Morgan fingerprint density at radius 3 is 1.48 bits per heavy atom. The summed E-state index contributed by atoms with van der Waals surface area (Å²) in [6.07, 6.45) is 2.52. The van der Waals surface area contributed by atoms with Gasteiger partial charge in [-0.25, -0.2) is 14.3 Å². The van der Waals surface area contributed by atoms with E-state index in [9.17, 15) is 24.0 Å². The molecule has 0 radical (unpaired) electrons. The summed E-state index contributed by atoms with van der Waals surface area (Å²) in [4.78, 5) is 69.8. The molecule has 6 amide bonds. The fraction of sp³-hybridized carbons (Fsp3) is 0.774. The first kappa shape index (κ1) is 83.1. The lowest BCUT2D eigenvalue weighted by atomic mass is 10.0. The molecule has 28 nitrogen and oxygen atoms in total. The molecular weight excluding hydrogens is 1240 g/mol. The first-order valence-electron chi connectivity index (χ1n) is 31.7. The van der Waals surface area contributed by atoms with Crippen LogP contribution in [-0.2, 0) is 95.8 Å². The van der Waals surface area contributed by atoms with Crippen LogP contribution in [0.2, 0.25) is 0 Å². The lowest BCUT2D eigenvalue weighted by molar-refractivity contribution is -0.133. The van der Waals surface area contributed by atoms with Crippen molar-refractivity contribution in [1.29, 1.82) is 0 Å². The summed E-state index contributed by atoms with van der Waals surface area (Å²) in [5.74, 6) is -0.113. The number of nitrogens with one attached hydrogen (secondary N) is 5. The summed E-state index contributed by atoms with van der Waals surface area (Å²) in [6, 6.07) is 3.83. The average molecular weight is 1350 g/mol. The zero-order valence-electron chi connectivity index (χ0n) is 56.4. The van der Waals surface area contributed by atoms with Gasteiger partial charge in [-0.05, 0) is 48.8 Å². The fourth-order valence-corrected chi connectivity index (χ4v) is 8.90. The van der Waals surface area contributed by atoms with Crippen LogP contribution in [0.15, 0.2) is 35.6 Å². The largest absolute Gasteiger partial charge is 0.445 e. The van der Waals surface area contributed by atoms with Gasteiger partial charge in [0.1, 0.15) is 24.4 Å². The number of aromatic nitrogens is 3. The molecule has 0 bridgehead atoms. The Balaban J connectivity index is 1.53. The lowest BCUT2D eigenvalue weighted by Crippen LogP contribution is -2.55. The monoisotopic (exact) mass is 1350 g/mol. The number of carbonyl (C=O) groups excluding carboxylic acids is 5. The number of rotatable bonds is 57. The Morgan fingerprint density at radius 2 is 1.04 bits per heavy atom. The predicted molar refractivity (Wildman–Crippen MR) is 354 cm³/mol. The van der Waals surface area contributed by atoms with Gasteiger partial charge in [-0.2, -0.15) is 0 Å². The molecular formula is C62H110N10O18S2. The van der Waals surface area contributed by atoms with Gasteiger partial charge < -0.3 is 94.0 Å². The summed E-state index contributed by atoms with van der Waals surface area (Å²) in [5.41, 5.74) is 7.60. The van der Waals surface area contributed by atoms with E-state index in [0.717, 1.165) is 18.7 Å². The van der Waals surface area contributed by atoms with Crippen molar-refractivity contribution in [3.63, 3.8) is 0 Å². The second-order valence-electron chi connectivity index (χ2n) is 23.5. The average Bonchev–Trinajstić information content (AvgIpc) is 2.08. The Kier molecular flexibility index (Phi) is 47.3. The third-order valence-electron chi connectivity index (χ3n) is 12.2. The van der Waals surface area contributed by atoms with E-state index in [1.807, 2.05) is 0 Å². The van der Waals surface area contributed by atoms with E-state index >= 15 is 0 Å². The minimum atomic E-state index is -1.05. The van der Waals surface area contributed by atoms with Gasteiger partial charge in [0.25, 0.3) is 5.91 Å². The molecule has 0 aliphatic heterocycles. The van der Waals surface area contributed by atoms with Crippen molar-refractivity contribution in [2.45, 2.75) is 130 Å². The van der Waals surface area contributed by atoms with Crippen molar-refractivity contribution in [2.24, 2.45) is 22.7 Å². The van der Waals surface area contributed by atoms with E-state index in [0.29, 0.717) is 186 Å². The lowest BCUT2D eigenvalue weighted by Gasteiger charge is -2.25. The number of urea groups is 1. The number of anilines is 1. The van der Waals surface area contributed by atoms with E-state index in [4.69, 9.17) is 67.4 Å². The van der Waals surface area contributed by atoms with Gasteiger partial charge in [0, 0.05) is 39.8 Å². The number of hydrogen-bond donors (Lipinski definition) is 6. The summed E-state index contributed by atoms with van der Waals surface area (Å²) in [6.45, 7) is 31.6. The number of benzene rings is 1. The number of carbonyl (C=O) groups is 5. The van der Waals surface area contributed by atoms with Gasteiger partial charge in [-0.3, -0.25) is 14.4 Å². The summed E-state index contributed by atoms with van der Waals surface area (Å²) < 4.78 is 67.9. The maximum absolute atomic E-state index is 13.7. The van der Waals surface area contributed by atoms with Crippen LogP contribution in [0.1, 0.15) is 99.8 Å². The van der Waals surface area contributed by atoms with Crippen LogP contribution in [0.3, 0.4) is 0 Å².